The van der Waals surface area contributed by atoms with Crippen LogP contribution >= 0.6 is 11.3 Å². The first kappa shape index (κ1) is 23.4. The molecule has 0 bridgehead atoms. The standard InChI is InChI=1S/C21H20F3N3O4S/c1-5-18-25-14(10-32-18)19(28)27(13-8-16(30-3)12(2)17(9-13)31-4)15-6-7-26(20(15)29)11-21(22,23)24/h1,8-10,15H,6-7,11H2,2-4H3. The number of nitrogens with zero attached hydrogens (tertiary/aromatic N) is 3. The molecule has 3 rings (SSSR count). The third-order valence-electron chi connectivity index (χ3n) is 5.03. The zero-order valence-corrected chi connectivity index (χ0v) is 18.3. The molecule has 7 nitrogen and oxygen atoms in total. The first-order chi connectivity index (χ1) is 15.1. The minimum atomic E-state index is -4.55. The maximum atomic E-state index is 13.4. The van der Waals surface area contributed by atoms with E-state index in [9.17, 15) is 22.8 Å². The largest absolute Gasteiger partial charge is 0.496 e. The van der Waals surface area contributed by atoms with Crippen LogP contribution in [0.5, 0.6) is 11.5 Å². The molecule has 0 N–H and O–H groups in total. The number of aromatic nitrogens is 1. The Morgan fingerprint density at radius 1 is 1.34 bits per heavy atom. The van der Waals surface area contributed by atoms with Gasteiger partial charge in [-0.05, 0) is 19.3 Å². The minimum Gasteiger partial charge on any atom is -0.496 e. The number of alkyl halides is 3. The quantitative estimate of drug-likeness (QED) is 0.610. The molecular formula is C21H20F3N3O4S. The molecular weight excluding hydrogens is 447 g/mol. The van der Waals surface area contributed by atoms with Crippen molar-refractivity contribution in [1.82, 2.24) is 9.88 Å². The summed E-state index contributed by atoms with van der Waals surface area (Å²) in [5.41, 5.74) is 0.881. The van der Waals surface area contributed by atoms with E-state index in [1.165, 1.54) is 31.7 Å². The van der Waals surface area contributed by atoms with Gasteiger partial charge in [0, 0.05) is 29.6 Å². The van der Waals surface area contributed by atoms with Crippen molar-refractivity contribution < 1.29 is 32.2 Å². The summed E-state index contributed by atoms with van der Waals surface area (Å²) < 4.78 is 49.4. The second kappa shape index (κ2) is 9.08. The Balaban J connectivity index is 2.08. The van der Waals surface area contributed by atoms with Crippen LogP contribution in [-0.4, -0.2) is 61.2 Å². The lowest BCUT2D eigenvalue weighted by Gasteiger charge is -2.29. The van der Waals surface area contributed by atoms with E-state index in [0.29, 0.717) is 22.0 Å². The van der Waals surface area contributed by atoms with Gasteiger partial charge < -0.3 is 14.4 Å². The number of hydrogen-bond donors (Lipinski definition) is 0. The number of ether oxygens (including phenoxy) is 2. The summed E-state index contributed by atoms with van der Waals surface area (Å²) in [6.07, 6.45) is 0.807. The van der Waals surface area contributed by atoms with Crippen molar-refractivity contribution in [3.8, 4) is 23.8 Å². The maximum Gasteiger partial charge on any atom is 0.406 e. The molecule has 0 spiro atoms. The number of carbonyl (C=O) groups excluding carboxylic acids is 2. The Kier molecular flexibility index (Phi) is 6.64. The van der Waals surface area contributed by atoms with Gasteiger partial charge in [-0.2, -0.15) is 13.2 Å². The lowest BCUT2D eigenvalue weighted by molar-refractivity contribution is -0.157. The van der Waals surface area contributed by atoms with Crippen LogP contribution in [0.2, 0.25) is 0 Å². The van der Waals surface area contributed by atoms with Gasteiger partial charge in [0.1, 0.15) is 29.8 Å². The van der Waals surface area contributed by atoms with Crippen LogP contribution in [0.3, 0.4) is 0 Å². The lowest BCUT2D eigenvalue weighted by Crippen LogP contribution is -2.47. The number of halogens is 3. The molecule has 170 valence electrons. The summed E-state index contributed by atoms with van der Waals surface area (Å²) in [6.45, 7) is 0.224. The van der Waals surface area contributed by atoms with Crippen LogP contribution in [-0.2, 0) is 4.79 Å². The average molecular weight is 467 g/mol. The van der Waals surface area contributed by atoms with E-state index in [1.54, 1.807) is 6.92 Å². The third kappa shape index (κ3) is 4.65. The molecule has 11 heteroatoms. The molecule has 1 saturated heterocycles. The summed E-state index contributed by atoms with van der Waals surface area (Å²) in [7, 11) is 2.87. The molecule has 1 aromatic heterocycles. The first-order valence-corrected chi connectivity index (χ1v) is 10.3. The fourth-order valence-electron chi connectivity index (χ4n) is 3.55. The first-order valence-electron chi connectivity index (χ1n) is 9.43. The van der Waals surface area contributed by atoms with E-state index in [1.807, 2.05) is 0 Å². The highest BCUT2D eigenvalue weighted by molar-refractivity contribution is 7.10. The summed E-state index contributed by atoms with van der Waals surface area (Å²) in [4.78, 5) is 32.2. The van der Waals surface area contributed by atoms with E-state index < -0.39 is 30.6 Å². The summed E-state index contributed by atoms with van der Waals surface area (Å²) >= 11 is 1.07. The smallest absolute Gasteiger partial charge is 0.406 e. The van der Waals surface area contributed by atoms with Crippen LogP contribution in [0, 0.1) is 19.3 Å². The number of likely N-dealkylation sites (tertiary alicyclic amines) is 1. The van der Waals surface area contributed by atoms with Crippen LogP contribution in [0.1, 0.15) is 27.5 Å². The number of terminal acetylenes is 1. The molecule has 1 unspecified atom stereocenters. The topological polar surface area (TPSA) is 72.0 Å². The molecule has 1 aliphatic heterocycles. The maximum absolute atomic E-state index is 13.4. The molecule has 1 aromatic carbocycles. The SMILES string of the molecule is C#Cc1nc(C(=O)N(c2cc(OC)c(C)c(OC)c2)C2CCN(CC(F)(F)F)C2=O)cs1. The van der Waals surface area contributed by atoms with Crippen LogP contribution in [0.25, 0.3) is 0 Å². The minimum absolute atomic E-state index is 0.0106. The Morgan fingerprint density at radius 2 is 1.97 bits per heavy atom. The number of carbonyl (C=O) groups is 2. The Hall–Kier alpha value is -3.26. The molecule has 2 aromatic rings. The zero-order valence-electron chi connectivity index (χ0n) is 17.5. The molecule has 0 radical (unpaired) electrons. The number of methoxy groups -OCH3 is 2. The molecule has 1 aliphatic rings. The van der Waals surface area contributed by atoms with Gasteiger partial charge in [-0.15, -0.1) is 17.8 Å². The van der Waals surface area contributed by atoms with Gasteiger partial charge >= 0.3 is 6.18 Å². The number of anilines is 1. The van der Waals surface area contributed by atoms with Gasteiger partial charge in [-0.1, -0.05) is 0 Å². The normalized spacial score (nSPS) is 16.1. The fourth-order valence-corrected chi connectivity index (χ4v) is 4.14. The van der Waals surface area contributed by atoms with Gasteiger partial charge in [0.2, 0.25) is 5.91 Å². The van der Waals surface area contributed by atoms with Crippen LogP contribution in [0.4, 0.5) is 18.9 Å². The Bertz CT molecular complexity index is 1050. The van der Waals surface area contributed by atoms with Crippen molar-refractivity contribution in [3.63, 3.8) is 0 Å². The van der Waals surface area contributed by atoms with Crippen molar-refractivity contribution in [2.24, 2.45) is 0 Å². The van der Waals surface area contributed by atoms with Crippen molar-refractivity contribution in [2.75, 3.05) is 32.2 Å². The van der Waals surface area contributed by atoms with Gasteiger partial charge in [-0.25, -0.2) is 4.98 Å². The molecule has 0 aliphatic carbocycles. The van der Waals surface area contributed by atoms with E-state index >= 15 is 0 Å². The molecule has 1 fully saturated rings. The highest BCUT2D eigenvalue weighted by Crippen LogP contribution is 2.37. The van der Waals surface area contributed by atoms with Gasteiger partial charge in [0.15, 0.2) is 5.01 Å². The van der Waals surface area contributed by atoms with Crippen molar-refractivity contribution >= 4 is 28.8 Å². The van der Waals surface area contributed by atoms with Crippen LogP contribution in [0.15, 0.2) is 17.5 Å². The second-order valence-electron chi connectivity index (χ2n) is 7.01. The monoisotopic (exact) mass is 467 g/mol. The molecule has 32 heavy (non-hydrogen) atoms. The second-order valence-corrected chi connectivity index (χ2v) is 7.87. The number of hydrogen-bond acceptors (Lipinski definition) is 6. The predicted molar refractivity (Wildman–Crippen MR) is 112 cm³/mol. The van der Waals surface area contributed by atoms with Crippen LogP contribution < -0.4 is 14.4 Å². The van der Waals surface area contributed by atoms with E-state index in [4.69, 9.17) is 15.9 Å². The average Bonchev–Trinajstić information content (AvgIpc) is 3.36. The van der Waals surface area contributed by atoms with E-state index in [2.05, 4.69) is 10.9 Å². The Morgan fingerprint density at radius 3 is 2.47 bits per heavy atom. The highest BCUT2D eigenvalue weighted by Gasteiger charge is 2.44. The third-order valence-corrected chi connectivity index (χ3v) is 5.81. The van der Waals surface area contributed by atoms with E-state index in [-0.39, 0.29) is 29.4 Å². The summed E-state index contributed by atoms with van der Waals surface area (Å²) in [6, 6.07) is 1.91. The fraction of sp³-hybridized carbons (Fsp3) is 0.381. The zero-order chi connectivity index (χ0) is 23.6. The van der Waals surface area contributed by atoms with E-state index in [0.717, 1.165) is 16.2 Å². The number of amides is 2. The van der Waals surface area contributed by atoms with Gasteiger partial charge in [0.05, 0.1) is 19.9 Å². The number of thiazole rings is 1. The summed E-state index contributed by atoms with van der Waals surface area (Å²) in [5, 5.41) is 1.71. The number of benzene rings is 1. The van der Waals surface area contributed by atoms with Gasteiger partial charge in [-0.3, -0.25) is 14.5 Å². The lowest BCUT2D eigenvalue weighted by atomic mass is 10.1. The molecule has 2 heterocycles. The Labute approximate surface area is 186 Å². The molecule has 0 saturated carbocycles. The highest BCUT2D eigenvalue weighted by atomic mass is 32.1. The number of rotatable bonds is 6. The summed E-state index contributed by atoms with van der Waals surface area (Å²) in [5.74, 6) is 1.64. The molecule has 2 amide bonds. The van der Waals surface area contributed by atoms with Crippen molar-refractivity contribution in [1.29, 1.82) is 0 Å². The van der Waals surface area contributed by atoms with Crippen molar-refractivity contribution in [2.45, 2.75) is 25.6 Å². The predicted octanol–water partition coefficient (Wildman–Crippen LogP) is 3.26. The van der Waals surface area contributed by atoms with Gasteiger partial charge in [0.25, 0.3) is 5.91 Å². The molecule has 1 atom stereocenters. The van der Waals surface area contributed by atoms with Crippen molar-refractivity contribution in [3.05, 3.63) is 33.8 Å².